The van der Waals surface area contributed by atoms with Gasteiger partial charge in [-0.05, 0) is 0 Å². The summed E-state index contributed by atoms with van der Waals surface area (Å²) >= 11 is -3.23. The van der Waals surface area contributed by atoms with Crippen molar-refractivity contribution in [1.82, 2.24) is 0 Å². The van der Waals surface area contributed by atoms with Crippen molar-refractivity contribution in [1.29, 1.82) is 0 Å². The first-order valence-electron chi connectivity index (χ1n) is 22.7. The van der Waals surface area contributed by atoms with Gasteiger partial charge in [-0.2, -0.15) is 0 Å². The summed E-state index contributed by atoms with van der Waals surface area (Å²) in [6.07, 6.45) is 24.8. The minimum Gasteiger partial charge on any atom is -1.00 e. The minimum atomic E-state index is -3.23. The number of halogens is 4. The Morgan fingerprint density at radius 3 is 1.20 bits per heavy atom. The van der Waals surface area contributed by atoms with E-state index in [9.17, 15) is 0 Å². The smallest absolute Gasteiger partial charge is 1.00 e. The molecule has 0 fully saturated rings. The van der Waals surface area contributed by atoms with Crippen LogP contribution < -0.4 is 24.8 Å². The van der Waals surface area contributed by atoms with Gasteiger partial charge in [-0.1, -0.05) is 0 Å². The Kier molecular flexibility index (Phi) is 14.9. The van der Waals surface area contributed by atoms with Gasteiger partial charge >= 0.3 is 387 Å². The van der Waals surface area contributed by atoms with Crippen molar-refractivity contribution < 1.29 is 54.9 Å². The Labute approximate surface area is 408 Å². The Hall–Kier alpha value is -5.57. The maximum atomic E-state index is 16.2. The molecule has 326 valence electrons. The van der Waals surface area contributed by atoms with Crippen LogP contribution in [0.3, 0.4) is 0 Å². The van der Waals surface area contributed by atoms with E-state index in [1.807, 2.05) is 72.8 Å². The average molecular weight is 983 g/mol. The van der Waals surface area contributed by atoms with Crippen molar-refractivity contribution in [2.45, 2.75) is 45.8 Å². The van der Waals surface area contributed by atoms with Crippen LogP contribution in [0.4, 0.5) is 8.78 Å². The molecule has 0 radical (unpaired) electrons. The molecule has 0 amide bonds. The number of hydrogen-bond acceptors (Lipinski definition) is 0. The average Bonchev–Trinajstić information content (AvgIpc) is 3.71. The van der Waals surface area contributed by atoms with Gasteiger partial charge in [0.15, 0.2) is 0 Å². The molecule has 6 aromatic rings. The van der Waals surface area contributed by atoms with Crippen molar-refractivity contribution in [3.05, 3.63) is 286 Å². The molecule has 0 heterocycles. The molecule has 4 aliphatic carbocycles. The molecule has 0 bridgehead atoms. The first kappa shape index (κ1) is 46.9. The second-order valence-corrected chi connectivity index (χ2v) is 23.4. The molecule has 0 saturated carbocycles. The monoisotopic (exact) mass is 980 g/mol. The third kappa shape index (κ3) is 8.99. The molecule has 4 atom stereocenters. The SMILES string of the molecule is CCC1=CC2=C(C=CC=CC2c2ccc(-c3ccccc3)c(F)c2)[CH]1[Zr+2](=[C](c1ccccc1)c1ccccc1)[CH]1C(CC)=CC2=C1C=CC=CC2c1ccc(-c2ccccc2)c(F)c1.[Cl-].[Cl-]. The largest absolute Gasteiger partial charge is 1.00 e. The summed E-state index contributed by atoms with van der Waals surface area (Å²) in [5.41, 5.74) is 15.7. The molecule has 0 saturated heterocycles. The molecule has 5 heteroatoms. The standard InChI is InChI=1S/2C24H20F.C13H10.2ClH.Zr/c2*1-2-17-14-19-10-6-7-11-21(23(19)15-17)20-12-13-22(24(25)16-20)18-8-4-3-5-9-18;1-3-7-12(8-4-1)11-13-9-5-2-6-10-13;;;/h2*3-16,21H,2H2,1H3;1-10H;2*1H;/q;;;;;+2/p-2. The van der Waals surface area contributed by atoms with Crippen molar-refractivity contribution in [3.63, 3.8) is 0 Å². The van der Waals surface area contributed by atoms with Crippen molar-refractivity contribution in [3.8, 4) is 22.3 Å². The summed E-state index contributed by atoms with van der Waals surface area (Å²) in [7, 11) is 0. The first-order chi connectivity index (χ1) is 31.5. The van der Waals surface area contributed by atoms with E-state index in [4.69, 9.17) is 0 Å². The number of hydrogen-bond donors (Lipinski definition) is 0. The topological polar surface area (TPSA) is 0 Å². The number of allylic oxidation sites excluding steroid dienone is 16. The summed E-state index contributed by atoms with van der Waals surface area (Å²) in [5.74, 6) is -0.604. The van der Waals surface area contributed by atoms with Gasteiger partial charge in [0.05, 0.1) is 0 Å². The normalized spacial score (nSPS) is 19.1. The predicted octanol–water partition coefficient (Wildman–Crippen LogP) is 10.2. The molecule has 0 spiro atoms. The maximum absolute atomic E-state index is 16.2. The van der Waals surface area contributed by atoms with E-state index in [0.717, 1.165) is 35.1 Å². The summed E-state index contributed by atoms with van der Waals surface area (Å²) in [6, 6.07) is 53.6. The zero-order valence-corrected chi connectivity index (χ0v) is 41.0. The van der Waals surface area contributed by atoms with Gasteiger partial charge in [-0.15, -0.1) is 0 Å². The van der Waals surface area contributed by atoms with Crippen molar-refractivity contribution in [2.24, 2.45) is 0 Å². The van der Waals surface area contributed by atoms with Gasteiger partial charge in [0, 0.05) is 0 Å². The third-order valence-electron chi connectivity index (χ3n) is 13.5. The quantitative estimate of drug-likeness (QED) is 0.128. The number of benzene rings is 6. The maximum Gasteiger partial charge on any atom is -1.00 e. The molecular formula is C61H50Cl2F2Zr. The zero-order chi connectivity index (χ0) is 43.6. The summed E-state index contributed by atoms with van der Waals surface area (Å²) in [5, 5.41) is 0. The molecule has 4 unspecified atom stereocenters. The van der Waals surface area contributed by atoms with Crippen LogP contribution >= 0.6 is 0 Å². The van der Waals surface area contributed by atoms with E-state index in [1.165, 1.54) is 47.8 Å². The van der Waals surface area contributed by atoms with Crippen LogP contribution in [0.15, 0.2) is 252 Å². The Bertz CT molecular complexity index is 2820. The summed E-state index contributed by atoms with van der Waals surface area (Å²) < 4.78 is 34.3. The fourth-order valence-corrected chi connectivity index (χ4v) is 21.5. The first-order valence-corrected chi connectivity index (χ1v) is 26.7. The molecule has 0 aromatic heterocycles. The molecule has 0 N–H and O–H groups in total. The molecule has 0 nitrogen and oxygen atoms in total. The van der Waals surface area contributed by atoms with E-state index < -0.39 is 21.3 Å². The van der Waals surface area contributed by atoms with Crippen LogP contribution in [0, 0.1) is 11.6 Å². The van der Waals surface area contributed by atoms with Crippen molar-refractivity contribution in [2.75, 3.05) is 0 Å². The molecular weight excluding hydrogens is 933 g/mol. The second-order valence-electron chi connectivity index (χ2n) is 17.0. The molecule has 66 heavy (non-hydrogen) atoms. The minimum absolute atomic E-state index is 0. The van der Waals surface area contributed by atoms with Crippen LogP contribution in [0.2, 0.25) is 7.25 Å². The molecule has 4 aliphatic rings. The van der Waals surface area contributed by atoms with Crippen LogP contribution in [0.25, 0.3) is 22.3 Å². The number of rotatable bonds is 10. The van der Waals surface area contributed by atoms with Gasteiger partial charge < -0.3 is 24.8 Å². The van der Waals surface area contributed by atoms with E-state index in [-0.39, 0.29) is 55.5 Å². The fourth-order valence-electron chi connectivity index (χ4n) is 10.5. The van der Waals surface area contributed by atoms with E-state index in [2.05, 4.69) is 147 Å². The Morgan fingerprint density at radius 2 is 0.833 bits per heavy atom. The van der Waals surface area contributed by atoms with Crippen LogP contribution in [-0.4, -0.2) is 3.21 Å². The van der Waals surface area contributed by atoms with E-state index in [0.29, 0.717) is 11.1 Å². The van der Waals surface area contributed by atoms with Gasteiger partial charge in [-0.25, -0.2) is 0 Å². The molecule has 0 aliphatic heterocycles. The van der Waals surface area contributed by atoms with Gasteiger partial charge in [0.1, 0.15) is 0 Å². The fraction of sp³-hybridized carbons (Fsp3) is 0.131. The van der Waals surface area contributed by atoms with Crippen molar-refractivity contribution >= 4 is 3.21 Å². The second kappa shape index (κ2) is 20.9. The Morgan fingerprint density at radius 1 is 0.455 bits per heavy atom. The van der Waals surface area contributed by atoms with E-state index in [1.54, 1.807) is 12.1 Å². The van der Waals surface area contributed by atoms with Gasteiger partial charge in [-0.3, -0.25) is 0 Å². The van der Waals surface area contributed by atoms with Gasteiger partial charge in [0.25, 0.3) is 0 Å². The summed E-state index contributed by atoms with van der Waals surface area (Å²) in [6.45, 7) is 4.63. The van der Waals surface area contributed by atoms with Crippen LogP contribution in [0.1, 0.15) is 60.8 Å². The molecule has 6 aromatic carbocycles. The predicted molar refractivity (Wildman–Crippen MR) is 260 cm³/mol. The zero-order valence-electron chi connectivity index (χ0n) is 37.0. The summed E-state index contributed by atoms with van der Waals surface area (Å²) in [4.78, 5) is 0. The molecule has 10 rings (SSSR count). The van der Waals surface area contributed by atoms with Crippen LogP contribution in [-0.2, 0) is 21.3 Å². The Balaban J connectivity index is 0.00000296. The van der Waals surface area contributed by atoms with Gasteiger partial charge in [0.2, 0.25) is 0 Å². The van der Waals surface area contributed by atoms with E-state index >= 15 is 8.78 Å². The third-order valence-corrected chi connectivity index (χ3v) is 22.7. The van der Waals surface area contributed by atoms with Crippen LogP contribution in [0.5, 0.6) is 0 Å².